The van der Waals surface area contributed by atoms with Gasteiger partial charge in [-0.25, -0.2) is 0 Å². The van der Waals surface area contributed by atoms with Gasteiger partial charge in [0.1, 0.15) is 13.0 Å². The summed E-state index contributed by atoms with van der Waals surface area (Å²) in [7, 11) is 6.59. The van der Waals surface area contributed by atoms with Gasteiger partial charge in [0.25, 0.3) is 0 Å². The molecule has 0 saturated heterocycles. The van der Waals surface area contributed by atoms with Gasteiger partial charge in [-0.3, -0.25) is 18.9 Å². The van der Waals surface area contributed by atoms with E-state index in [0.29, 0.717) is 4.90 Å². The zero-order valence-corrected chi connectivity index (χ0v) is 13.9. The Labute approximate surface area is 126 Å². The van der Waals surface area contributed by atoms with Crippen molar-refractivity contribution in [3.8, 4) is 0 Å². The molecule has 0 aromatic heterocycles. The molecule has 0 radical (unpaired) electrons. The second-order valence-corrected chi connectivity index (χ2v) is 9.74. The number of carboxylic acid groups (broad SMARTS) is 1. The van der Waals surface area contributed by atoms with Crippen molar-refractivity contribution in [2.75, 3.05) is 41.0 Å². The molecule has 0 rings (SSSR count). The molecule has 1 amide bonds. The van der Waals surface area contributed by atoms with E-state index in [9.17, 15) is 22.8 Å². The summed E-state index contributed by atoms with van der Waals surface area (Å²) < 4.78 is 40.2. The standard InChI is InChI=1S/C10H19F3N3O3PS/c1-14(2)20(21,15(3)4)7-16(6-9(18)19)8(17)5-10(11,12)13/h5-7H2,1-4H3,(H,18,19). The molecule has 0 heterocycles. The second-order valence-electron chi connectivity index (χ2n) is 4.78. The van der Waals surface area contributed by atoms with Crippen molar-refractivity contribution in [2.45, 2.75) is 12.6 Å². The minimum atomic E-state index is -4.69. The number of hydrogen-bond donors (Lipinski definition) is 1. The highest BCUT2D eigenvalue weighted by molar-refractivity contribution is 8.12. The minimum absolute atomic E-state index is 0.233. The summed E-state index contributed by atoms with van der Waals surface area (Å²) in [6, 6.07) is 0. The third-order valence-electron chi connectivity index (χ3n) is 2.64. The van der Waals surface area contributed by atoms with Crippen LogP contribution in [0.4, 0.5) is 13.2 Å². The van der Waals surface area contributed by atoms with E-state index >= 15 is 0 Å². The molecule has 0 atom stereocenters. The second kappa shape index (κ2) is 7.53. The zero-order valence-electron chi connectivity index (χ0n) is 12.2. The Kier molecular flexibility index (Phi) is 7.28. The van der Waals surface area contributed by atoms with Gasteiger partial charge in [-0.1, -0.05) is 11.8 Å². The van der Waals surface area contributed by atoms with Crippen LogP contribution in [0, 0.1) is 0 Å². The average molecular weight is 349 g/mol. The summed E-state index contributed by atoms with van der Waals surface area (Å²) in [6.07, 6.45) is -9.14. The Morgan fingerprint density at radius 1 is 1.14 bits per heavy atom. The van der Waals surface area contributed by atoms with E-state index in [1.165, 1.54) is 0 Å². The maximum atomic E-state index is 12.3. The Bertz CT molecular complexity index is 431. The van der Waals surface area contributed by atoms with Gasteiger partial charge in [0.05, 0.1) is 12.6 Å². The summed E-state index contributed by atoms with van der Waals surface area (Å²) >= 11 is 5.43. The molecule has 0 aliphatic heterocycles. The normalized spacial score (nSPS) is 12.8. The van der Waals surface area contributed by atoms with Crippen LogP contribution in [-0.2, 0) is 21.4 Å². The van der Waals surface area contributed by atoms with E-state index in [-0.39, 0.29) is 6.29 Å². The van der Waals surface area contributed by atoms with Crippen molar-refractivity contribution in [2.24, 2.45) is 0 Å². The highest BCUT2D eigenvalue weighted by Crippen LogP contribution is 2.50. The van der Waals surface area contributed by atoms with E-state index < -0.39 is 37.4 Å². The average Bonchev–Trinajstić information content (AvgIpc) is 2.24. The lowest BCUT2D eigenvalue weighted by atomic mass is 10.3. The smallest absolute Gasteiger partial charge is 0.397 e. The summed E-state index contributed by atoms with van der Waals surface area (Å²) in [5.74, 6) is -2.67. The van der Waals surface area contributed by atoms with Gasteiger partial charge in [-0.05, 0) is 28.2 Å². The van der Waals surface area contributed by atoms with Gasteiger partial charge in [-0.2, -0.15) is 13.2 Å². The molecular weight excluding hydrogens is 330 g/mol. The molecule has 0 bridgehead atoms. The fourth-order valence-electron chi connectivity index (χ4n) is 1.50. The number of carboxylic acids is 1. The molecule has 0 aliphatic rings. The van der Waals surface area contributed by atoms with E-state index in [2.05, 4.69) is 0 Å². The first-order chi connectivity index (χ1) is 9.29. The SMILES string of the molecule is CN(C)P(=S)(CN(CC(=O)O)C(=O)CC(F)(F)F)N(C)C. The highest BCUT2D eigenvalue weighted by Gasteiger charge is 2.36. The Hall–Kier alpha value is -0.700. The number of rotatable bonds is 7. The Morgan fingerprint density at radius 2 is 1.57 bits per heavy atom. The van der Waals surface area contributed by atoms with Crippen LogP contribution < -0.4 is 0 Å². The molecule has 21 heavy (non-hydrogen) atoms. The molecule has 124 valence electrons. The summed E-state index contributed by atoms with van der Waals surface area (Å²) in [6.45, 7) is -0.811. The Balaban J connectivity index is 5.30. The van der Waals surface area contributed by atoms with Crippen LogP contribution in [0.5, 0.6) is 0 Å². The maximum absolute atomic E-state index is 12.3. The van der Waals surface area contributed by atoms with Crippen molar-refractivity contribution in [1.29, 1.82) is 0 Å². The molecule has 0 aliphatic carbocycles. The predicted molar refractivity (Wildman–Crippen MR) is 76.5 cm³/mol. The number of halogens is 3. The fourth-order valence-corrected chi connectivity index (χ4v) is 3.84. The first-order valence-corrected chi connectivity index (χ1v) is 8.70. The molecule has 6 nitrogen and oxygen atoms in total. The molecule has 0 aromatic rings. The van der Waals surface area contributed by atoms with Crippen molar-refractivity contribution < 1.29 is 27.9 Å². The van der Waals surface area contributed by atoms with Crippen LogP contribution in [-0.4, -0.2) is 78.4 Å². The van der Waals surface area contributed by atoms with Crippen LogP contribution in [0.15, 0.2) is 0 Å². The molecule has 0 spiro atoms. The number of hydrogen-bond acceptors (Lipinski definition) is 3. The van der Waals surface area contributed by atoms with Gasteiger partial charge in [0, 0.05) is 0 Å². The topological polar surface area (TPSA) is 64.1 Å². The number of aliphatic carboxylic acids is 1. The largest absolute Gasteiger partial charge is 0.480 e. The third kappa shape index (κ3) is 6.73. The van der Waals surface area contributed by atoms with Gasteiger partial charge in [0.15, 0.2) is 0 Å². The summed E-state index contributed by atoms with van der Waals surface area (Å²) in [5.41, 5.74) is 0. The molecule has 0 saturated carbocycles. The van der Waals surface area contributed by atoms with Crippen molar-refractivity contribution in [3.05, 3.63) is 0 Å². The van der Waals surface area contributed by atoms with E-state index in [1.54, 1.807) is 37.5 Å². The highest BCUT2D eigenvalue weighted by atomic mass is 32.4. The summed E-state index contributed by atoms with van der Waals surface area (Å²) in [4.78, 5) is 23.1. The lowest BCUT2D eigenvalue weighted by Crippen LogP contribution is -2.41. The van der Waals surface area contributed by atoms with Gasteiger partial charge in [0.2, 0.25) is 5.91 Å². The number of carbonyl (C=O) groups is 2. The number of nitrogens with zero attached hydrogens (tertiary/aromatic N) is 3. The van der Waals surface area contributed by atoms with Crippen LogP contribution in [0.3, 0.4) is 0 Å². The monoisotopic (exact) mass is 349 g/mol. The molecule has 11 heteroatoms. The fraction of sp³-hybridized carbons (Fsp3) is 0.800. The third-order valence-corrected chi connectivity index (χ3v) is 8.15. The van der Waals surface area contributed by atoms with Crippen LogP contribution in [0.2, 0.25) is 0 Å². The van der Waals surface area contributed by atoms with Gasteiger partial charge in [-0.15, -0.1) is 0 Å². The van der Waals surface area contributed by atoms with Crippen molar-refractivity contribution in [3.63, 3.8) is 0 Å². The Morgan fingerprint density at radius 3 is 1.86 bits per heavy atom. The van der Waals surface area contributed by atoms with Crippen LogP contribution in [0.25, 0.3) is 0 Å². The van der Waals surface area contributed by atoms with E-state index in [0.717, 1.165) is 0 Å². The minimum Gasteiger partial charge on any atom is -0.480 e. The van der Waals surface area contributed by atoms with Crippen molar-refractivity contribution >= 4 is 30.0 Å². The van der Waals surface area contributed by atoms with E-state index in [1.807, 2.05) is 0 Å². The molecule has 0 fully saturated rings. The van der Waals surface area contributed by atoms with Crippen LogP contribution in [0.1, 0.15) is 6.42 Å². The number of amides is 1. The van der Waals surface area contributed by atoms with E-state index in [4.69, 9.17) is 16.9 Å². The molecule has 1 N–H and O–H groups in total. The lowest BCUT2D eigenvalue weighted by molar-refractivity contribution is -0.163. The molecule has 0 aromatic carbocycles. The van der Waals surface area contributed by atoms with Gasteiger partial charge < -0.3 is 10.0 Å². The van der Waals surface area contributed by atoms with Crippen molar-refractivity contribution in [1.82, 2.24) is 14.2 Å². The quantitative estimate of drug-likeness (QED) is 0.698. The lowest BCUT2D eigenvalue weighted by Gasteiger charge is -2.38. The maximum Gasteiger partial charge on any atom is 0.397 e. The number of alkyl halides is 3. The van der Waals surface area contributed by atoms with Gasteiger partial charge >= 0.3 is 12.1 Å². The molecule has 0 unspecified atom stereocenters. The summed E-state index contributed by atoms with van der Waals surface area (Å²) in [5, 5.41) is 8.78. The zero-order chi connectivity index (χ0) is 17.0. The molecular formula is C10H19F3N3O3PS. The first kappa shape index (κ1) is 20.3. The van der Waals surface area contributed by atoms with Crippen LogP contribution >= 0.6 is 6.34 Å². The first-order valence-electron chi connectivity index (χ1n) is 5.80. The predicted octanol–water partition coefficient (Wildman–Crippen LogP) is 1.24. The number of carbonyl (C=O) groups excluding carboxylic acids is 1.